The van der Waals surface area contributed by atoms with E-state index in [-0.39, 0.29) is 18.5 Å². The second-order valence-electron chi connectivity index (χ2n) is 5.11. The Morgan fingerprint density at radius 1 is 1.39 bits per heavy atom. The van der Waals surface area contributed by atoms with Gasteiger partial charge < -0.3 is 4.90 Å². The molecular weight excluding hydrogens is 348 g/mol. The SMILES string of the molecule is CC(c1cccs1)N(C)C(=O)Cn1c(-c2cccs2)n[nH]c1=S. The fourth-order valence-corrected chi connectivity index (χ4v) is 3.99. The van der Waals surface area contributed by atoms with Crippen LogP contribution in [0.5, 0.6) is 0 Å². The Bertz CT molecular complexity index is 833. The average Bonchev–Trinajstić information content (AvgIpc) is 3.28. The zero-order valence-corrected chi connectivity index (χ0v) is 15.2. The zero-order valence-electron chi connectivity index (χ0n) is 12.7. The van der Waals surface area contributed by atoms with Crippen molar-refractivity contribution in [2.24, 2.45) is 0 Å². The minimum Gasteiger partial charge on any atom is -0.337 e. The molecule has 0 aliphatic heterocycles. The van der Waals surface area contributed by atoms with Crippen LogP contribution in [-0.4, -0.2) is 32.6 Å². The minimum absolute atomic E-state index is 0.00112. The van der Waals surface area contributed by atoms with Gasteiger partial charge in [-0.25, -0.2) is 0 Å². The van der Waals surface area contributed by atoms with E-state index in [1.54, 1.807) is 32.1 Å². The van der Waals surface area contributed by atoms with Crippen LogP contribution in [0.15, 0.2) is 35.0 Å². The summed E-state index contributed by atoms with van der Waals surface area (Å²) in [7, 11) is 1.82. The van der Waals surface area contributed by atoms with Crippen LogP contribution in [0.1, 0.15) is 17.8 Å². The van der Waals surface area contributed by atoms with Gasteiger partial charge in [-0.05, 0) is 42.0 Å². The van der Waals surface area contributed by atoms with Crippen molar-refractivity contribution in [1.82, 2.24) is 19.7 Å². The molecule has 8 heteroatoms. The Morgan fingerprint density at radius 3 is 2.78 bits per heavy atom. The standard InChI is InChI=1S/C15H16N4OS3/c1-10(11-5-3-7-22-11)18(2)13(20)9-19-14(16-17-15(19)21)12-6-4-8-23-12/h3-8,10H,9H2,1-2H3,(H,17,21). The highest BCUT2D eigenvalue weighted by molar-refractivity contribution is 7.71. The molecule has 0 radical (unpaired) electrons. The van der Waals surface area contributed by atoms with Crippen molar-refractivity contribution in [1.29, 1.82) is 0 Å². The lowest BCUT2D eigenvalue weighted by atomic mass is 10.2. The van der Waals surface area contributed by atoms with Crippen molar-refractivity contribution in [2.75, 3.05) is 7.05 Å². The molecule has 1 amide bonds. The van der Waals surface area contributed by atoms with Crippen LogP contribution in [0.3, 0.4) is 0 Å². The summed E-state index contributed by atoms with van der Waals surface area (Å²) >= 11 is 8.50. The molecule has 5 nitrogen and oxygen atoms in total. The van der Waals surface area contributed by atoms with E-state index < -0.39 is 0 Å². The average molecular weight is 365 g/mol. The number of rotatable bonds is 5. The molecule has 0 bridgehead atoms. The molecule has 1 N–H and O–H groups in total. The van der Waals surface area contributed by atoms with E-state index in [1.807, 2.05) is 49.0 Å². The van der Waals surface area contributed by atoms with Crippen molar-refractivity contribution >= 4 is 40.8 Å². The number of nitrogens with zero attached hydrogens (tertiary/aromatic N) is 3. The van der Waals surface area contributed by atoms with E-state index in [9.17, 15) is 4.79 Å². The monoisotopic (exact) mass is 364 g/mol. The van der Waals surface area contributed by atoms with Crippen LogP contribution < -0.4 is 0 Å². The first-order chi connectivity index (χ1) is 11.1. The first kappa shape index (κ1) is 16.1. The van der Waals surface area contributed by atoms with Gasteiger partial charge in [0.05, 0.1) is 10.9 Å². The van der Waals surface area contributed by atoms with E-state index >= 15 is 0 Å². The molecule has 3 aromatic heterocycles. The summed E-state index contributed by atoms with van der Waals surface area (Å²) in [4.78, 5) is 16.5. The van der Waals surface area contributed by atoms with Crippen LogP contribution in [0, 0.1) is 4.77 Å². The lowest BCUT2D eigenvalue weighted by Gasteiger charge is -2.24. The summed E-state index contributed by atoms with van der Waals surface area (Å²) < 4.78 is 2.21. The predicted octanol–water partition coefficient (Wildman–Crippen LogP) is 3.95. The highest BCUT2D eigenvalue weighted by atomic mass is 32.1. The van der Waals surface area contributed by atoms with E-state index in [4.69, 9.17) is 12.2 Å². The maximum absolute atomic E-state index is 12.6. The molecule has 0 aliphatic carbocycles. The van der Waals surface area contributed by atoms with Crippen LogP contribution >= 0.6 is 34.9 Å². The summed E-state index contributed by atoms with van der Waals surface area (Å²) in [5, 5.41) is 11.0. The third-order valence-electron chi connectivity index (χ3n) is 3.72. The van der Waals surface area contributed by atoms with E-state index in [1.165, 1.54) is 0 Å². The molecular formula is C15H16N4OS3. The van der Waals surface area contributed by atoms with Crippen molar-refractivity contribution in [3.8, 4) is 10.7 Å². The second kappa shape index (κ2) is 6.77. The molecule has 3 rings (SSSR count). The number of amides is 1. The fraction of sp³-hybridized carbons (Fsp3) is 0.267. The van der Waals surface area contributed by atoms with Gasteiger partial charge in [0, 0.05) is 11.9 Å². The van der Waals surface area contributed by atoms with Gasteiger partial charge >= 0.3 is 0 Å². The number of hydrogen-bond acceptors (Lipinski definition) is 5. The number of H-pyrrole nitrogens is 1. The molecule has 0 spiro atoms. The van der Waals surface area contributed by atoms with Gasteiger partial charge in [0.15, 0.2) is 10.6 Å². The molecule has 1 atom stereocenters. The minimum atomic E-state index is 0.00112. The predicted molar refractivity (Wildman–Crippen MR) is 96.2 cm³/mol. The Balaban J connectivity index is 1.81. The number of hydrogen-bond donors (Lipinski definition) is 1. The maximum atomic E-state index is 12.6. The Morgan fingerprint density at radius 2 is 2.13 bits per heavy atom. The molecule has 0 aliphatic rings. The smallest absolute Gasteiger partial charge is 0.242 e. The first-order valence-electron chi connectivity index (χ1n) is 7.06. The molecule has 1 unspecified atom stereocenters. The fourth-order valence-electron chi connectivity index (χ4n) is 2.24. The number of carbonyl (C=O) groups excluding carboxylic acids is 1. The van der Waals surface area contributed by atoms with E-state index in [2.05, 4.69) is 10.2 Å². The molecule has 0 aromatic carbocycles. The van der Waals surface area contributed by atoms with E-state index in [0.717, 1.165) is 9.75 Å². The number of nitrogens with one attached hydrogen (secondary N) is 1. The van der Waals surface area contributed by atoms with Gasteiger partial charge in [0.1, 0.15) is 6.54 Å². The van der Waals surface area contributed by atoms with Gasteiger partial charge in [-0.2, -0.15) is 5.10 Å². The van der Waals surface area contributed by atoms with Crippen molar-refractivity contribution in [2.45, 2.75) is 19.5 Å². The Kier molecular flexibility index (Phi) is 4.74. The summed E-state index contributed by atoms with van der Waals surface area (Å²) in [5.41, 5.74) is 0. The molecule has 23 heavy (non-hydrogen) atoms. The summed E-state index contributed by atoms with van der Waals surface area (Å²) in [6, 6.07) is 7.99. The molecule has 0 saturated heterocycles. The van der Waals surface area contributed by atoms with Crippen molar-refractivity contribution in [3.05, 3.63) is 44.7 Å². The summed E-state index contributed by atoms with van der Waals surface area (Å²) in [5.74, 6) is 0.705. The van der Waals surface area contributed by atoms with Crippen LogP contribution in [0.25, 0.3) is 10.7 Å². The number of carbonyl (C=O) groups is 1. The lowest BCUT2D eigenvalue weighted by Crippen LogP contribution is -2.32. The van der Waals surface area contributed by atoms with Gasteiger partial charge in [-0.15, -0.1) is 22.7 Å². The summed E-state index contributed by atoms with van der Waals surface area (Å²) in [6.45, 7) is 2.20. The van der Waals surface area contributed by atoms with Crippen LogP contribution in [0.4, 0.5) is 0 Å². The Hall–Kier alpha value is -1.77. The molecule has 3 aromatic rings. The molecule has 0 saturated carbocycles. The topological polar surface area (TPSA) is 53.9 Å². The third kappa shape index (κ3) is 3.29. The van der Waals surface area contributed by atoms with Gasteiger partial charge in [-0.1, -0.05) is 12.1 Å². The summed E-state index contributed by atoms with van der Waals surface area (Å²) in [6.07, 6.45) is 0. The largest absolute Gasteiger partial charge is 0.337 e. The first-order valence-corrected chi connectivity index (χ1v) is 9.23. The van der Waals surface area contributed by atoms with Crippen LogP contribution in [-0.2, 0) is 11.3 Å². The maximum Gasteiger partial charge on any atom is 0.242 e. The van der Waals surface area contributed by atoms with Crippen LogP contribution in [0.2, 0.25) is 0 Å². The van der Waals surface area contributed by atoms with Crippen molar-refractivity contribution < 1.29 is 4.79 Å². The number of thiophene rings is 2. The normalized spacial score (nSPS) is 12.3. The van der Waals surface area contributed by atoms with Gasteiger partial charge in [0.2, 0.25) is 5.91 Å². The van der Waals surface area contributed by atoms with E-state index in [0.29, 0.717) is 10.6 Å². The molecule has 120 valence electrons. The van der Waals surface area contributed by atoms with Crippen molar-refractivity contribution in [3.63, 3.8) is 0 Å². The highest BCUT2D eigenvalue weighted by Gasteiger charge is 2.20. The molecule has 0 fully saturated rings. The van der Waals surface area contributed by atoms with Gasteiger partial charge in [0.25, 0.3) is 0 Å². The number of aromatic amines is 1. The zero-order chi connectivity index (χ0) is 16.4. The molecule has 3 heterocycles. The Labute approximate surface area is 147 Å². The third-order valence-corrected chi connectivity index (χ3v) is 5.94. The second-order valence-corrected chi connectivity index (χ2v) is 7.43. The number of aromatic nitrogens is 3. The quantitative estimate of drug-likeness (QED) is 0.698. The number of likely N-dealkylation sites (N-methyl/N-ethyl adjacent to an activating group) is 1. The highest BCUT2D eigenvalue weighted by Crippen LogP contribution is 2.25. The van der Waals surface area contributed by atoms with Gasteiger partial charge in [-0.3, -0.25) is 14.5 Å². The lowest BCUT2D eigenvalue weighted by molar-refractivity contribution is -0.132.